The standard InChI is InChI=1S/C20H23ClIN5O2.2ClH/c21-16-5-2-1-4-14(16)9-11-27-10-3-6-17(20(27)22)25-18-13-23-15(12-24-18)7-8-19(28)26-29;;/h1-2,4-5,7-8,12-13,17,20,29H,3,6,9-11H2,(H,24,25)(H,26,28);2*1H/t17-,20?;;/m1../s1. The molecule has 2 atom stereocenters. The fraction of sp³-hybridized carbons (Fsp3) is 0.350. The van der Waals surface area contributed by atoms with E-state index in [1.54, 1.807) is 12.4 Å². The first-order valence-corrected chi connectivity index (χ1v) is 11.0. The molecule has 31 heavy (non-hydrogen) atoms. The minimum absolute atomic E-state index is 0. The van der Waals surface area contributed by atoms with Gasteiger partial charge in [-0.15, -0.1) is 24.8 Å². The maximum Gasteiger partial charge on any atom is 0.267 e. The van der Waals surface area contributed by atoms with Crippen LogP contribution in [0.3, 0.4) is 0 Å². The number of halogens is 4. The predicted molar refractivity (Wildman–Crippen MR) is 137 cm³/mol. The lowest BCUT2D eigenvalue weighted by atomic mass is 10.0. The molecule has 1 fully saturated rings. The number of benzene rings is 1. The SMILES string of the molecule is Cl.Cl.O=C(C=Cc1cnc(N[C@@H]2CCCN(CCc3ccccc3Cl)C2I)cn1)NO. The summed E-state index contributed by atoms with van der Waals surface area (Å²) >= 11 is 8.78. The van der Waals surface area contributed by atoms with Crippen LogP contribution in [-0.2, 0) is 11.2 Å². The molecule has 0 saturated carbocycles. The van der Waals surface area contributed by atoms with E-state index in [9.17, 15) is 4.79 Å². The molecule has 7 nitrogen and oxygen atoms in total. The van der Waals surface area contributed by atoms with Crippen LogP contribution in [0, 0.1) is 0 Å². The highest BCUT2D eigenvalue weighted by molar-refractivity contribution is 14.1. The van der Waals surface area contributed by atoms with E-state index in [1.165, 1.54) is 23.2 Å². The minimum Gasteiger partial charge on any atom is -0.364 e. The van der Waals surface area contributed by atoms with E-state index >= 15 is 0 Å². The number of hydroxylamine groups is 1. The average molecular weight is 601 g/mol. The van der Waals surface area contributed by atoms with Gasteiger partial charge in [-0.05, 0) is 43.5 Å². The number of anilines is 1. The predicted octanol–water partition coefficient (Wildman–Crippen LogP) is 4.37. The molecule has 170 valence electrons. The highest BCUT2D eigenvalue weighted by Gasteiger charge is 2.29. The van der Waals surface area contributed by atoms with Crippen LogP contribution in [0.15, 0.2) is 42.7 Å². The van der Waals surface area contributed by atoms with Gasteiger partial charge in [-0.25, -0.2) is 10.5 Å². The van der Waals surface area contributed by atoms with Crippen molar-refractivity contribution in [2.45, 2.75) is 29.4 Å². The van der Waals surface area contributed by atoms with Crippen molar-refractivity contribution in [1.29, 1.82) is 0 Å². The van der Waals surface area contributed by atoms with Gasteiger partial charge in [0.2, 0.25) is 0 Å². The van der Waals surface area contributed by atoms with E-state index in [0.717, 1.165) is 37.4 Å². The summed E-state index contributed by atoms with van der Waals surface area (Å²) in [6.45, 7) is 2.02. The van der Waals surface area contributed by atoms with Gasteiger partial charge in [0.25, 0.3) is 5.91 Å². The number of aromatic nitrogens is 2. The zero-order chi connectivity index (χ0) is 20.6. The summed E-state index contributed by atoms with van der Waals surface area (Å²) in [5, 5.41) is 12.8. The number of carbonyl (C=O) groups excluding carboxylic acids is 1. The normalized spacial score (nSPS) is 18.7. The molecular weight excluding hydrogens is 576 g/mol. The summed E-state index contributed by atoms with van der Waals surface area (Å²) < 4.78 is 0.332. The summed E-state index contributed by atoms with van der Waals surface area (Å²) in [6, 6.07) is 8.27. The van der Waals surface area contributed by atoms with Gasteiger partial charge >= 0.3 is 0 Å². The highest BCUT2D eigenvalue weighted by Crippen LogP contribution is 2.26. The Balaban J connectivity index is 0.00000240. The summed E-state index contributed by atoms with van der Waals surface area (Å²) in [5.41, 5.74) is 3.25. The minimum atomic E-state index is -0.610. The van der Waals surface area contributed by atoms with Crippen LogP contribution in [0.25, 0.3) is 6.08 Å². The number of alkyl halides is 1. The van der Waals surface area contributed by atoms with Crippen molar-refractivity contribution in [3.8, 4) is 0 Å². The molecule has 0 spiro atoms. The summed E-state index contributed by atoms with van der Waals surface area (Å²) in [4.78, 5) is 22.2. The molecule has 2 heterocycles. The van der Waals surface area contributed by atoms with E-state index < -0.39 is 5.91 Å². The molecule has 1 amide bonds. The molecule has 3 rings (SSSR count). The van der Waals surface area contributed by atoms with E-state index in [1.807, 2.05) is 18.2 Å². The first kappa shape index (κ1) is 27.9. The molecule has 1 aromatic carbocycles. The first-order chi connectivity index (χ1) is 14.1. The van der Waals surface area contributed by atoms with Crippen LogP contribution in [-0.4, -0.2) is 49.2 Å². The van der Waals surface area contributed by atoms with Gasteiger partial charge < -0.3 is 5.32 Å². The van der Waals surface area contributed by atoms with E-state index in [0.29, 0.717) is 15.6 Å². The summed E-state index contributed by atoms with van der Waals surface area (Å²) in [5.74, 6) is 0.0919. The van der Waals surface area contributed by atoms with Crippen LogP contribution in [0.2, 0.25) is 5.02 Å². The lowest BCUT2D eigenvalue weighted by Crippen LogP contribution is -2.48. The Morgan fingerprint density at radius 1 is 1.29 bits per heavy atom. The fourth-order valence-corrected chi connectivity index (χ4v) is 4.58. The fourth-order valence-electron chi connectivity index (χ4n) is 3.26. The molecule has 3 N–H and O–H groups in total. The topological polar surface area (TPSA) is 90.4 Å². The molecule has 0 radical (unpaired) electrons. The van der Waals surface area contributed by atoms with Crippen molar-refractivity contribution in [2.24, 2.45) is 0 Å². The number of carbonyl (C=O) groups is 1. The Hall–Kier alpha value is -1.17. The van der Waals surface area contributed by atoms with Gasteiger partial charge in [-0.2, -0.15) is 0 Å². The third-order valence-corrected chi connectivity index (χ3v) is 6.81. The largest absolute Gasteiger partial charge is 0.364 e. The highest BCUT2D eigenvalue weighted by atomic mass is 127. The molecule has 0 aliphatic carbocycles. The van der Waals surface area contributed by atoms with Gasteiger partial charge in [0.15, 0.2) is 0 Å². The number of rotatable bonds is 7. The number of hydrogen-bond donors (Lipinski definition) is 3. The van der Waals surface area contributed by atoms with E-state index in [2.05, 4.69) is 48.8 Å². The Morgan fingerprint density at radius 3 is 2.74 bits per heavy atom. The van der Waals surface area contributed by atoms with Gasteiger partial charge in [-0.3, -0.25) is 19.9 Å². The third kappa shape index (κ3) is 8.36. The quantitative estimate of drug-likeness (QED) is 0.109. The number of piperidine rings is 1. The molecule has 1 aliphatic heterocycles. The third-order valence-electron chi connectivity index (χ3n) is 4.79. The van der Waals surface area contributed by atoms with Crippen LogP contribution >= 0.6 is 59.0 Å². The maximum absolute atomic E-state index is 11.0. The second-order valence-corrected chi connectivity index (χ2v) is 8.46. The van der Waals surface area contributed by atoms with Crippen molar-refractivity contribution < 1.29 is 10.0 Å². The van der Waals surface area contributed by atoms with Crippen molar-refractivity contribution in [1.82, 2.24) is 20.3 Å². The van der Waals surface area contributed by atoms with Crippen LogP contribution in [0.5, 0.6) is 0 Å². The Morgan fingerprint density at radius 2 is 2.06 bits per heavy atom. The van der Waals surface area contributed by atoms with Crippen LogP contribution < -0.4 is 10.8 Å². The molecule has 1 aliphatic rings. The molecule has 0 bridgehead atoms. The van der Waals surface area contributed by atoms with Crippen LogP contribution in [0.4, 0.5) is 5.82 Å². The Bertz CT molecular complexity index is 857. The van der Waals surface area contributed by atoms with Gasteiger partial charge in [0.1, 0.15) is 5.82 Å². The van der Waals surface area contributed by atoms with E-state index in [-0.39, 0.29) is 30.9 Å². The smallest absolute Gasteiger partial charge is 0.267 e. The number of nitrogens with one attached hydrogen (secondary N) is 2. The second-order valence-electron chi connectivity index (χ2n) is 6.78. The number of amides is 1. The lowest BCUT2D eigenvalue weighted by molar-refractivity contribution is -0.124. The molecular formula is C20H25Cl3IN5O2. The zero-order valence-corrected chi connectivity index (χ0v) is 21.1. The number of nitrogens with zero attached hydrogens (tertiary/aromatic N) is 3. The maximum atomic E-state index is 11.0. The summed E-state index contributed by atoms with van der Waals surface area (Å²) in [7, 11) is 0. The second kappa shape index (κ2) is 14.1. The molecule has 1 unspecified atom stereocenters. The molecule has 2 aromatic rings. The monoisotopic (exact) mass is 599 g/mol. The summed E-state index contributed by atoms with van der Waals surface area (Å²) in [6.07, 6.45) is 9.03. The first-order valence-electron chi connectivity index (χ1n) is 9.39. The van der Waals surface area contributed by atoms with Gasteiger partial charge in [-0.1, -0.05) is 52.4 Å². The number of likely N-dealkylation sites (tertiary alicyclic amines) is 1. The molecule has 11 heteroatoms. The van der Waals surface area contributed by atoms with Crippen molar-refractivity contribution in [3.05, 3.63) is 59.0 Å². The van der Waals surface area contributed by atoms with Crippen molar-refractivity contribution in [3.63, 3.8) is 0 Å². The lowest BCUT2D eigenvalue weighted by Gasteiger charge is -2.38. The zero-order valence-electron chi connectivity index (χ0n) is 16.6. The number of hydrogen-bond acceptors (Lipinski definition) is 6. The van der Waals surface area contributed by atoms with Gasteiger partial charge in [0.05, 0.1) is 28.2 Å². The molecule has 1 aromatic heterocycles. The molecule has 1 saturated heterocycles. The van der Waals surface area contributed by atoms with Gasteiger partial charge in [0, 0.05) is 17.6 Å². The Kier molecular flexibility index (Phi) is 12.7. The average Bonchev–Trinajstić information content (AvgIpc) is 2.74. The Labute approximate surface area is 213 Å². The van der Waals surface area contributed by atoms with Crippen LogP contribution in [0.1, 0.15) is 24.1 Å². The van der Waals surface area contributed by atoms with Crippen molar-refractivity contribution >= 4 is 76.8 Å². The van der Waals surface area contributed by atoms with Crippen molar-refractivity contribution in [2.75, 3.05) is 18.4 Å². The van der Waals surface area contributed by atoms with E-state index in [4.69, 9.17) is 16.8 Å².